The summed E-state index contributed by atoms with van der Waals surface area (Å²) < 4.78 is 41.4. The zero-order chi connectivity index (χ0) is 30.4. The fraction of sp³-hybridized carbons (Fsp3) is 0.258. The van der Waals surface area contributed by atoms with Gasteiger partial charge in [0.05, 0.1) is 24.0 Å². The number of halogens is 3. The number of alkyl halides is 3. The molecular formula is C31H27F3N6O2. The number of hydrogen-bond donors (Lipinski definition) is 1. The van der Waals surface area contributed by atoms with Gasteiger partial charge in [0.15, 0.2) is 0 Å². The molecule has 11 heteroatoms. The van der Waals surface area contributed by atoms with Gasteiger partial charge in [0.1, 0.15) is 23.5 Å². The van der Waals surface area contributed by atoms with E-state index in [1.165, 1.54) is 29.1 Å². The first kappa shape index (κ1) is 29.8. The van der Waals surface area contributed by atoms with Crippen molar-refractivity contribution in [1.82, 2.24) is 9.97 Å². The number of benzene rings is 1. The Hall–Kier alpha value is -5.16. The van der Waals surface area contributed by atoms with Crippen LogP contribution in [0.25, 0.3) is 0 Å². The number of nitrogens with zero attached hydrogens (tertiary/aromatic N) is 5. The van der Waals surface area contributed by atoms with Gasteiger partial charge in [-0.3, -0.25) is 19.5 Å². The second-order valence-electron chi connectivity index (χ2n) is 9.69. The molecule has 0 bridgehead atoms. The molecule has 1 atom stereocenters. The molecule has 0 spiro atoms. The Labute approximate surface area is 241 Å². The fourth-order valence-corrected chi connectivity index (χ4v) is 4.74. The van der Waals surface area contributed by atoms with E-state index >= 15 is 0 Å². The summed E-state index contributed by atoms with van der Waals surface area (Å²) in [6, 6.07) is 10.5. The number of aryl methyl sites for hydroxylation is 2. The number of nitrogens with one attached hydrogen (secondary N) is 1. The molecule has 3 heterocycles. The van der Waals surface area contributed by atoms with Crippen LogP contribution in [0.15, 0.2) is 61.4 Å². The summed E-state index contributed by atoms with van der Waals surface area (Å²) in [5.41, 5.74) is 0.808. The van der Waals surface area contributed by atoms with E-state index in [0.29, 0.717) is 29.8 Å². The van der Waals surface area contributed by atoms with Crippen molar-refractivity contribution in [2.45, 2.75) is 38.9 Å². The Morgan fingerprint density at radius 3 is 2.71 bits per heavy atom. The highest BCUT2D eigenvalue weighted by Crippen LogP contribution is 2.38. The normalized spacial score (nSPS) is 14.4. The van der Waals surface area contributed by atoms with Crippen LogP contribution in [0.4, 0.5) is 30.4 Å². The smallest absolute Gasteiger partial charge is 0.343 e. The first-order valence-corrected chi connectivity index (χ1v) is 13.0. The Morgan fingerprint density at radius 2 is 2.02 bits per heavy atom. The number of nitriles is 1. The zero-order valence-electron chi connectivity index (χ0n) is 23.0. The van der Waals surface area contributed by atoms with Crippen LogP contribution in [-0.4, -0.2) is 40.9 Å². The monoisotopic (exact) mass is 572 g/mol. The molecule has 2 aromatic heterocycles. The van der Waals surface area contributed by atoms with E-state index in [2.05, 4.69) is 33.7 Å². The standard InChI is InChI=1S/C31H27F3N6O2/c1-4-28(41)38-23-16-22(18-36-19-23)9-6-12-39(24-10-5-8-20(2)14-24)30(42)27-11-7-13-40(27)29-25(17-35)26(31(32,33)34)15-21(3)37-29/h4-5,8,10,14-16,18-19,27H,1,7,11-13H2,2-3H3,(H,38,41). The van der Waals surface area contributed by atoms with Gasteiger partial charge in [-0.05, 0) is 62.6 Å². The van der Waals surface area contributed by atoms with Crippen LogP contribution in [0.2, 0.25) is 0 Å². The zero-order valence-corrected chi connectivity index (χ0v) is 23.0. The Bertz CT molecular complexity index is 1630. The van der Waals surface area contributed by atoms with Crippen LogP contribution in [0.3, 0.4) is 0 Å². The maximum atomic E-state index is 14.1. The van der Waals surface area contributed by atoms with Crippen molar-refractivity contribution >= 4 is 29.0 Å². The summed E-state index contributed by atoms with van der Waals surface area (Å²) in [5.74, 6) is 5.00. The van der Waals surface area contributed by atoms with Crippen molar-refractivity contribution in [2.75, 3.05) is 28.2 Å². The van der Waals surface area contributed by atoms with Crippen molar-refractivity contribution < 1.29 is 22.8 Å². The van der Waals surface area contributed by atoms with Gasteiger partial charge < -0.3 is 10.2 Å². The number of amides is 2. The van der Waals surface area contributed by atoms with Gasteiger partial charge >= 0.3 is 6.18 Å². The maximum absolute atomic E-state index is 14.1. The van der Waals surface area contributed by atoms with Crippen molar-refractivity contribution in [3.05, 3.63) is 89.4 Å². The minimum atomic E-state index is -4.75. The van der Waals surface area contributed by atoms with E-state index in [4.69, 9.17) is 0 Å². The van der Waals surface area contributed by atoms with Crippen LogP contribution in [0.5, 0.6) is 0 Å². The minimum absolute atomic E-state index is 0.0317. The molecule has 214 valence electrons. The molecule has 42 heavy (non-hydrogen) atoms. The molecular weight excluding hydrogens is 545 g/mol. The van der Waals surface area contributed by atoms with Crippen LogP contribution in [-0.2, 0) is 15.8 Å². The van der Waals surface area contributed by atoms with Crippen molar-refractivity contribution in [3.8, 4) is 17.9 Å². The van der Waals surface area contributed by atoms with E-state index in [9.17, 15) is 28.0 Å². The third kappa shape index (κ3) is 6.76. The highest BCUT2D eigenvalue weighted by atomic mass is 19.4. The Morgan fingerprint density at radius 1 is 1.24 bits per heavy atom. The largest absolute Gasteiger partial charge is 0.417 e. The molecule has 3 aromatic rings. The molecule has 4 rings (SSSR count). The van der Waals surface area contributed by atoms with E-state index in [-0.39, 0.29) is 30.5 Å². The van der Waals surface area contributed by atoms with Crippen molar-refractivity contribution in [2.24, 2.45) is 0 Å². The molecule has 2 amide bonds. The quantitative estimate of drug-likeness (QED) is 0.323. The molecule has 1 aliphatic heterocycles. The van der Waals surface area contributed by atoms with E-state index in [1.807, 2.05) is 19.1 Å². The molecule has 8 nitrogen and oxygen atoms in total. The first-order valence-electron chi connectivity index (χ1n) is 13.0. The second-order valence-corrected chi connectivity index (χ2v) is 9.69. The van der Waals surface area contributed by atoms with E-state index in [1.54, 1.807) is 24.3 Å². The number of rotatable bonds is 6. The third-order valence-corrected chi connectivity index (χ3v) is 6.60. The maximum Gasteiger partial charge on any atom is 0.417 e. The SMILES string of the molecule is C=CC(=O)Nc1cncc(C#CCN(C(=O)C2CCCN2c2nc(C)cc(C(F)(F)F)c2C#N)c2cccc(C)c2)c1. The van der Waals surface area contributed by atoms with Crippen LogP contribution in [0, 0.1) is 37.0 Å². The second kappa shape index (κ2) is 12.6. The fourth-order valence-electron chi connectivity index (χ4n) is 4.74. The number of carbonyl (C=O) groups is 2. The van der Waals surface area contributed by atoms with Gasteiger partial charge in [0.25, 0.3) is 5.91 Å². The van der Waals surface area contributed by atoms with Crippen LogP contribution < -0.4 is 15.1 Å². The van der Waals surface area contributed by atoms with Crippen molar-refractivity contribution in [1.29, 1.82) is 5.26 Å². The summed E-state index contributed by atoms with van der Waals surface area (Å²) in [4.78, 5) is 37.0. The highest BCUT2D eigenvalue weighted by Gasteiger charge is 2.40. The number of carbonyl (C=O) groups excluding carboxylic acids is 2. The number of anilines is 3. The number of hydrogen-bond acceptors (Lipinski definition) is 6. The minimum Gasteiger partial charge on any atom is -0.343 e. The van der Waals surface area contributed by atoms with Gasteiger partial charge in [-0.15, -0.1) is 0 Å². The predicted octanol–water partition coefficient (Wildman–Crippen LogP) is 5.16. The molecule has 1 aromatic carbocycles. The highest BCUT2D eigenvalue weighted by molar-refractivity contribution is 6.00. The summed E-state index contributed by atoms with van der Waals surface area (Å²) in [6.45, 7) is 6.95. The predicted molar refractivity (Wildman–Crippen MR) is 153 cm³/mol. The lowest BCUT2D eigenvalue weighted by molar-refractivity contribution is -0.137. The molecule has 1 saturated heterocycles. The Balaban J connectivity index is 1.68. The van der Waals surface area contributed by atoms with Crippen LogP contribution in [0.1, 0.15) is 40.8 Å². The number of aromatic nitrogens is 2. The molecule has 1 unspecified atom stereocenters. The lowest BCUT2D eigenvalue weighted by Gasteiger charge is -2.31. The van der Waals surface area contributed by atoms with E-state index in [0.717, 1.165) is 17.7 Å². The topological polar surface area (TPSA) is 102 Å². The first-order chi connectivity index (χ1) is 20.0. The summed E-state index contributed by atoms with van der Waals surface area (Å²) in [6.07, 6.45) is 0.246. The molecule has 1 N–H and O–H groups in total. The summed E-state index contributed by atoms with van der Waals surface area (Å²) in [5, 5.41) is 12.3. The lowest BCUT2D eigenvalue weighted by Crippen LogP contribution is -2.47. The Kier molecular flexibility index (Phi) is 8.92. The lowest BCUT2D eigenvalue weighted by atomic mass is 10.1. The van der Waals surface area contributed by atoms with Crippen LogP contribution >= 0.6 is 0 Å². The summed E-state index contributed by atoms with van der Waals surface area (Å²) >= 11 is 0. The molecule has 0 aliphatic carbocycles. The molecule has 1 fully saturated rings. The van der Waals surface area contributed by atoms with Gasteiger partial charge in [-0.1, -0.05) is 30.6 Å². The average Bonchev–Trinajstić information content (AvgIpc) is 3.44. The van der Waals surface area contributed by atoms with Gasteiger partial charge in [-0.25, -0.2) is 4.98 Å². The van der Waals surface area contributed by atoms with Crippen molar-refractivity contribution in [3.63, 3.8) is 0 Å². The summed E-state index contributed by atoms with van der Waals surface area (Å²) in [7, 11) is 0. The molecule has 0 saturated carbocycles. The van der Waals surface area contributed by atoms with Gasteiger partial charge in [0, 0.05) is 29.7 Å². The third-order valence-electron chi connectivity index (χ3n) is 6.60. The van der Waals surface area contributed by atoms with Gasteiger partial charge in [-0.2, -0.15) is 18.4 Å². The molecule has 1 aliphatic rings. The average molecular weight is 573 g/mol. The number of pyridine rings is 2. The molecule has 0 radical (unpaired) electrons. The van der Waals surface area contributed by atoms with Gasteiger partial charge in [0.2, 0.25) is 5.91 Å². The van der Waals surface area contributed by atoms with E-state index < -0.39 is 29.3 Å².